The number of unbranched alkanes of at least 4 members (excludes halogenated alkanes) is 33. The molecule has 0 spiro atoms. The van der Waals surface area contributed by atoms with E-state index in [4.69, 9.17) is 14.2 Å². The molecule has 72 heavy (non-hydrogen) atoms. The van der Waals surface area contributed by atoms with Crippen LogP contribution in [0.4, 0.5) is 0 Å². The molecule has 11 nitrogen and oxygen atoms in total. The van der Waals surface area contributed by atoms with Crippen molar-refractivity contribution < 1.29 is 49.3 Å². The molecule has 8 atom stereocenters. The lowest BCUT2D eigenvalue weighted by molar-refractivity contribution is -0.305. The van der Waals surface area contributed by atoms with Crippen molar-refractivity contribution in [3.63, 3.8) is 0 Å². The summed E-state index contributed by atoms with van der Waals surface area (Å²) >= 11 is 0. The van der Waals surface area contributed by atoms with Crippen molar-refractivity contribution in [2.75, 3.05) is 13.2 Å². The van der Waals surface area contributed by atoms with Gasteiger partial charge in [-0.25, -0.2) is 0 Å². The third-order valence-electron chi connectivity index (χ3n) is 14.3. The number of carbonyl (C=O) groups excluding carboxylic acids is 2. The van der Waals surface area contributed by atoms with Crippen LogP contribution in [0, 0.1) is 0 Å². The number of esters is 1. The van der Waals surface area contributed by atoms with E-state index < -0.39 is 67.4 Å². The van der Waals surface area contributed by atoms with Crippen LogP contribution in [-0.4, -0.2) is 99.6 Å². The Morgan fingerprint density at radius 2 is 0.917 bits per heavy atom. The van der Waals surface area contributed by atoms with E-state index in [9.17, 15) is 35.1 Å². The quantitative estimate of drug-likeness (QED) is 0.0195. The minimum absolute atomic E-state index is 0.120. The smallest absolute Gasteiger partial charge is 0.306 e. The van der Waals surface area contributed by atoms with Crippen LogP contribution in [0.25, 0.3) is 0 Å². The maximum Gasteiger partial charge on any atom is 0.306 e. The van der Waals surface area contributed by atoms with E-state index in [-0.39, 0.29) is 19.4 Å². The molecule has 1 heterocycles. The molecule has 0 aromatic heterocycles. The monoisotopic (exact) mass is 1020 g/mol. The van der Waals surface area contributed by atoms with Gasteiger partial charge in [-0.1, -0.05) is 231 Å². The Morgan fingerprint density at radius 1 is 0.528 bits per heavy atom. The average Bonchev–Trinajstić information content (AvgIpc) is 3.38. The first-order valence-corrected chi connectivity index (χ1v) is 30.3. The molecule has 11 heteroatoms. The van der Waals surface area contributed by atoms with Gasteiger partial charge in [0.15, 0.2) is 12.4 Å². The summed E-state index contributed by atoms with van der Waals surface area (Å²) in [7, 11) is 0. The van der Waals surface area contributed by atoms with E-state index in [1.807, 2.05) is 6.08 Å². The highest BCUT2D eigenvalue weighted by molar-refractivity contribution is 5.80. The molecule has 1 rings (SSSR count). The normalized spacial score (nSPS) is 19.7. The Hall–Kier alpha value is -2.12. The molecular weight excluding hydrogens is 907 g/mol. The number of ether oxygens (including phenoxy) is 3. The van der Waals surface area contributed by atoms with Gasteiger partial charge in [-0.15, -0.1) is 0 Å². The zero-order valence-electron chi connectivity index (χ0n) is 46.6. The molecule has 0 aromatic carbocycles. The Labute approximate surface area is 441 Å². The van der Waals surface area contributed by atoms with Crippen molar-refractivity contribution in [2.24, 2.45) is 0 Å². The standard InChI is InChI=1S/C61H113NO10/c1-4-7-10-13-16-19-22-25-27-28-29-31-34-37-40-43-46-49-56(66)72-59-58(68)57(67)55(50-63)71-61(59)70-51-52(53(64)47-44-41-38-35-32-24-21-18-15-12-9-6-3)62-60(69)54(65)48-45-42-39-36-33-30-26-23-20-17-14-11-8-5-2/h20,23,25,27,44,47,52-55,57-59,61,63-65,67-68H,4-19,21-22,24,26,28-43,45-46,48-51H2,1-3H3,(H,62,69)/b23-20-,27-25+,47-44+. The van der Waals surface area contributed by atoms with E-state index in [0.717, 1.165) is 83.5 Å². The molecule has 422 valence electrons. The average molecular weight is 1020 g/mol. The molecule has 6 N–H and O–H groups in total. The summed E-state index contributed by atoms with van der Waals surface area (Å²) in [6, 6.07) is -1.02. The molecule has 0 aliphatic carbocycles. The number of aliphatic hydroxyl groups excluding tert-OH is 5. The maximum absolute atomic E-state index is 13.4. The van der Waals surface area contributed by atoms with Gasteiger partial charge in [0.05, 0.1) is 25.4 Å². The highest BCUT2D eigenvalue weighted by Crippen LogP contribution is 2.26. The van der Waals surface area contributed by atoms with Crippen molar-refractivity contribution in [3.8, 4) is 0 Å². The van der Waals surface area contributed by atoms with Crippen LogP contribution in [0.15, 0.2) is 36.5 Å². The zero-order valence-corrected chi connectivity index (χ0v) is 46.6. The zero-order chi connectivity index (χ0) is 52.5. The first-order chi connectivity index (χ1) is 35.2. The number of aliphatic hydroxyl groups is 5. The first-order valence-electron chi connectivity index (χ1n) is 30.3. The van der Waals surface area contributed by atoms with Crippen LogP contribution in [0.5, 0.6) is 0 Å². The number of carbonyl (C=O) groups is 2. The van der Waals surface area contributed by atoms with Gasteiger partial charge in [0.1, 0.15) is 24.4 Å². The van der Waals surface area contributed by atoms with Crippen molar-refractivity contribution in [1.29, 1.82) is 0 Å². The molecule has 0 aromatic rings. The molecule has 1 aliphatic rings. The molecule has 0 radical (unpaired) electrons. The molecule has 0 bridgehead atoms. The summed E-state index contributed by atoms with van der Waals surface area (Å²) in [6.07, 6.45) is 47.5. The molecule has 1 aliphatic heterocycles. The third-order valence-corrected chi connectivity index (χ3v) is 14.3. The van der Waals surface area contributed by atoms with Crippen LogP contribution in [-0.2, 0) is 23.8 Å². The highest BCUT2D eigenvalue weighted by atomic mass is 16.7. The van der Waals surface area contributed by atoms with Crippen molar-refractivity contribution in [1.82, 2.24) is 5.32 Å². The third kappa shape index (κ3) is 37.6. The van der Waals surface area contributed by atoms with Crippen molar-refractivity contribution in [3.05, 3.63) is 36.5 Å². The van der Waals surface area contributed by atoms with Gasteiger partial charge < -0.3 is 45.1 Å². The Morgan fingerprint density at radius 3 is 1.36 bits per heavy atom. The predicted octanol–water partition coefficient (Wildman–Crippen LogP) is 13.9. The molecule has 0 saturated carbocycles. The largest absolute Gasteiger partial charge is 0.454 e. The molecule has 8 unspecified atom stereocenters. The van der Waals surface area contributed by atoms with E-state index in [1.54, 1.807) is 6.08 Å². The molecule has 1 saturated heterocycles. The lowest BCUT2D eigenvalue weighted by Gasteiger charge is -2.41. The van der Waals surface area contributed by atoms with E-state index in [0.29, 0.717) is 12.8 Å². The van der Waals surface area contributed by atoms with E-state index in [2.05, 4.69) is 50.4 Å². The number of amides is 1. The van der Waals surface area contributed by atoms with Gasteiger partial charge in [-0.3, -0.25) is 9.59 Å². The summed E-state index contributed by atoms with van der Waals surface area (Å²) < 4.78 is 17.6. The fourth-order valence-corrected chi connectivity index (χ4v) is 9.41. The van der Waals surface area contributed by atoms with Gasteiger partial charge in [-0.2, -0.15) is 0 Å². The molecule has 1 amide bonds. The second-order valence-corrected chi connectivity index (χ2v) is 21.1. The number of hydrogen-bond acceptors (Lipinski definition) is 10. The van der Waals surface area contributed by atoms with Crippen LogP contribution in [0.1, 0.15) is 278 Å². The Balaban J connectivity index is 2.70. The lowest BCUT2D eigenvalue weighted by Crippen LogP contribution is -2.61. The number of nitrogens with one attached hydrogen (secondary N) is 1. The fourth-order valence-electron chi connectivity index (χ4n) is 9.41. The van der Waals surface area contributed by atoms with Crippen LogP contribution in [0.3, 0.4) is 0 Å². The summed E-state index contributed by atoms with van der Waals surface area (Å²) in [4.78, 5) is 26.5. The Kier molecular flexibility index (Phi) is 46.9. The Bertz CT molecular complexity index is 1310. The van der Waals surface area contributed by atoms with Crippen LogP contribution in [0.2, 0.25) is 0 Å². The van der Waals surface area contributed by atoms with Gasteiger partial charge in [0, 0.05) is 6.42 Å². The van der Waals surface area contributed by atoms with Gasteiger partial charge in [-0.05, 0) is 77.0 Å². The second kappa shape index (κ2) is 49.7. The minimum Gasteiger partial charge on any atom is -0.454 e. The minimum atomic E-state index is -1.61. The van der Waals surface area contributed by atoms with Gasteiger partial charge in [0.25, 0.3) is 0 Å². The number of allylic oxidation sites excluding steroid dienone is 5. The van der Waals surface area contributed by atoms with E-state index >= 15 is 0 Å². The summed E-state index contributed by atoms with van der Waals surface area (Å²) in [5.74, 6) is -1.20. The SMILES string of the molecule is CCCCCC/C=C\CCCCCCCCC(O)C(=O)NC(COC1OC(CO)C(O)C(O)C1OC(=O)CCCCCCCCC/C=C/CCCCCCCC)C(O)/C=C/CCCCCCCCCCCC. The van der Waals surface area contributed by atoms with Gasteiger partial charge in [0.2, 0.25) is 5.91 Å². The fraction of sp³-hybridized carbons (Fsp3) is 0.869. The molecular formula is C61H113NO10. The van der Waals surface area contributed by atoms with Crippen molar-refractivity contribution >= 4 is 11.9 Å². The lowest BCUT2D eigenvalue weighted by atomic mass is 9.99. The first kappa shape index (κ1) is 67.9. The molecule has 1 fully saturated rings. The van der Waals surface area contributed by atoms with Crippen LogP contribution < -0.4 is 5.32 Å². The van der Waals surface area contributed by atoms with Crippen LogP contribution >= 0.6 is 0 Å². The second-order valence-electron chi connectivity index (χ2n) is 21.1. The number of hydrogen-bond donors (Lipinski definition) is 6. The van der Waals surface area contributed by atoms with Crippen molar-refractivity contribution in [2.45, 2.75) is 327 Å². The summed E-state index contributed by atoms with van der Waals surface area (Å²) in [5.41, 5.74) is 0. The topological polar surface area (TPSA) is 175 Å². The highest BCUT2D eigenvalue weighted by Gasteiger charge is 2.47. The number of rotatable bonds is 51. The summed E-state index contributed by atoms with van der Waals surface area (Å²) in [6.45, 7) is 5.77. The van der Waals surface area contributed by atoms with Gasteiger partial charge >= 0.3 is 5.97 Å². The van der Waals surface area contributed by atoms with E-state index in [1.165, 1.54) is 148 Å². The maximum atomic E-state index is 13.4. The summed E-state index contributed by atoms with van der Waals surface area (Å²) in [5, 5.41) is 56.9. The predicted molar refractivity (Wildman–Crippen MR) is 297 cm³/mol.